The molecule has 0 radical (unpaired) electrons. The summed E-state index contributed by atoms with van der Waals surface area (Å²) in [6.07, 6.45) is 0. The summed E-state index contributed by atoms with van der Waals surface area (Å²) in [5.41, 5.74) is 1.77. The van der Waals surface area contributed by atoms with E-state index < -0.39 is 0 Å². The summed E-state index contributed by atoms with van der Waals surface area (Å²) in [6, 6.07) is 9.59. The molecule has 0 saturated carbocycles. The molecule has 1 saturated heterocycles. The highest BCUT2D eigenvalue weighted by molar-refractivity contribution is 5.78. The molecule has 1 heterocycles. The van der Waals surface area contributed by atoms with Crippen molar-refractivity contribution < 1.29 is 4.79 Å². The van der Waals surface area contributed by atoms with Crippen LogP contribution in [0, 0.1) is 11.3 Å². The summed E-state index contributed by atoms with van der Waals surface area (Å²) in [7, 11) is 1.94. The molecule has 1 fully saturated rings. The number of rotatable bonds is 4. The Morgan fingerprint density at radius 3 is 2.60 bits per heavy atom. The monoisotopic (exact) mass is 272 g/mol. The fraction of sp³-hybridized carbons (Fsp3) is 0.467. The van der Waals surface area contributed by atoms with Gasteiger partial charge in [-0.3, -0.25) is 9.69 Å². The number of nitriles is 1. The number of carbonyl (C=O) groups is 1. The SMILES string of the molecule is CN(CC(=O)N1CCNCC1)Cc1ccc(C#N)cc1. The van der Waals surface area contributed by atoms with Gasteiger partial charge in [-0.15, -0.1) is 0 Å². The van der Waals surface area contributed by atoms with Crippen LogP contribution in [-0.4, -0.2) is 55.5 Å². The minimum atomic E-state index is 0.183. The lowest BCUT2D eigenvalue weighted by Gasteiger charge is -2.29. The normalized spacial score (nSPS) is 15.2. The molecule has 0 spiro atoms. The molecular weight excluding hydrogens is 252 g/mol. The minimum absolute atomic E-state index is 0.183. The summed E-state index contributed by atoms with van der Waals surface area (Å²) >= 11 is 0. The fourth-order valence-corrected chi connectivity index (χ4v) is 2.30. The molecule has 1 N–H and O–H groups in total. The molecule has 1 aromatic carbocycles. The number of benzene rings is 1. The van der Waals surface area contributed by atoms with Gasteiger partial charge in [-0.1, -0.05) is 12.1 Å². The first kappa shape index (κ1) is 14.5. The van der Waals surface area contributed by atoms with Gasteiger partial charge in [-0.05, 0) is 24.7 Å². The van der Waals surface area contributed by atoms with Crippen molar-refractivity contribution in [1.29, 1.82) is 5.26 Å². The van der Waals surface area contributed by atoms with Crippen molar-refractivity contribution in [3.63, 3.8) is 0 Å². The zero-order valence-electron chi connectivity index (χ0n) is 11.8. The van der Waals surface area contributed by atoms with E-state index in [1.54, 1.807) is 12.1 Å². The maximum absolute atomic E-state index is 12.1. The summed E-state index contributed by atoms with van der Waals surface area (Å²) in [5, 5.41) is 12.0. The minimum Gasteiger partial charge on any atom is -0.339 e. The van der Waals surface area contributed by atoms with E-state index in [2.05, 4.69) is 11.4 Å². The Morgan fingerprint density at radius 1 is 1.35 bits per heavy atom. The molecule has 1 amide bonds. The fourth-order valence-electron chi connectivity index (χ4n) is 2.30. The Labute approximate surface area is 119 Å². The standard InChI is InChI=1S/C15H20N4O/c1-18(11-14-4-2-13(10-16)3-5-14)12-15(20)19-8-6-17-7-9-19/h2-5,17H,6-9,11-12H2,1H3. The van der Waals surface area contributed by atoms with Gasteiger partial charge in [0.05, 0.1) is 18.2 Å². The highest BCUT2D eigenvalue weighted by Crippen LogP contribution is 2.06. The average molecular weight is 272 g/mol. The molecule has 1 aliphatic heterocycles. The van der Waals surface area contributed by atoms with Crippen molar-refractivity contribution in [2.75, 3.05) is 39.8 Å². The van der Waals surface area contributed by atoms with E-state index >= 15 is 0 Å². The van der Waals surface area contributed by atoms with Crippen molar-refractivity contribution in [1.82, 2.24) is 15.1 Å². The number of amides is 1. The molecule has 0 unspecified atom stereocenters. The number of likely N-dealkylation sites (N-methyl/N-ethyl adjacent to an activating group) is 1. The summed E-state index contributed by atoms with van der Waals surface area (Å²) in [4.78, 5) is 16.0. The average Bonchev–Trinajstić information content (AvgIpc) is 2.49. The van der Waals surface area contributed by atoms with Crippen LogP contribution in [0.3, 0.4) is 0 Å². The van der Waals surface area contributed by atoms with E-state index in [9.17, 15) is 4.79 Å². The van der Waals surface area contributed by atoms with Crippen LogP contribution < -0.4 is 5.32 Å². The van der Waals surface area contributed by atoms with Gasteiger partial charge >= 0.3 is 0 Å². The lowest BCUT2D eigenvalue weighted by atomic mass is 10.1. The Morgan fingerprint density at radius 2 is 2.00 bits per heavy atom. The van der Waals surface area contributed by atoms with Gasteiger partial charge in [0.1, 0.15) is 0 Å². The molecule has 5 nitrogen and oxygen atoms in total. The topological polar surface area (TPSA) is 59.4 Å². The zero-order valence-corrected chi connectivity index (χ0v) is 11.8. The first-order chi connectivity index (χ1) is 9.69. The third-order valence-corrected chi connectivity index (χ3v) is 3.41. The second kappa shape index (κ2) is 7.04. The van der Waals surface area contributed by atoms with Crippen LogP contribution in [0.4, 0.5) is 0 Å². The molecule has 0 aliphatic carbocycles. The molecule has 1 aromatic rings. The molecule has 2 rings (SSSR count). The summed E-state index contributed by atoms with van der Waals surface area (Å²) in [6.45, 7) is 4.49. The zero-order chi connectivity index (χ0) is 14.4. The second-order valence-electron chi connectivity index (χ2n) is 5.11. The van der Waals surface area contributed by atoms with E-state index in [0.29, 0.717) is 18.7 Å². The first-order valence-electron chi connectivity index (χ1n) is 6.85. The predicted molar refractivity (Wildman–Crippen MR) is 76.9 cm³/mol. The van der Waals surface area contributed by atoms with E-state index in [0.717, 1.165) is 31.7 Å². The van der Waals surface area contributed by atoms with E-state index in [1.165, 1.54) is 0 Å². The van der Waals surface area contributed by atoms with Crippen molar-refractivity contribution in [2.45, 2.75) is 6.54 Å². The predicted octanol–water partition coefficient (Wildman–Crippen LogP) is 0.422. The van der Waals surface area contributed by atoms with Crippen LogP contribution in [0.15, 0.2) is 24.3 Å². The number of nitrogens with one attached hydrogen (secondary N) is 1. The van der Waals surface area contributed by atoms with Gasteiger partial charge in [-0.25, -0.2) is 0 Å². The van der Waals surface area contributed by atoms with Crippen LogP contribution in [-0.2, 0) is 11.3 Å². The quantitative estimate of drug-likeness (QED) is 0.863. The van der Waals surface area contributed by atoms with Crippen LogP contribution in [0.2, 0.25) is 0 Å². The highest BCUT2D eigenvalue weighted by Gasteiger charge is 2.17. The van der Waals surface area contributed by atoms with Gasteiger partial charge in [0.2, 0.25) is 5.91 Å². The van der Waals surface area contributed by atoms with Crippen LogP contribution in [0.25, 0.3) is 0 Å². The summed E-state index contributed by atoms with van der Waals surface area (Å²) < 4.78 is 0. The smallest absolute Gasteiger partial charge is 0.236 e. The van der Waals surface area contributed by atoms with Gasteiger partial charge in [-0.2, -0.15) is 5.26 Å². The Balaban J connectivity index is 1.83. The van der Waals surface area contributed by atoms with Crippen molar-refractivity contribution >= 4 is 5.91 Å². The molecule has 5 heteroatoms. The van der Waals surface area contributed by atoms with Crippen LogP contribution >= 0.6 is 0 Å². The van der Waals surface area contributed by atoms with E-state index in [4.69, 9.17) is 5.26 Å². The molecule has 0 aromatic heterocycles. The first-order valence-corrected chi connectivity index (χ1v) is 6.85. The Bertz CT molecular complexity index is 486. The van der Waals surface area contributed by atoms with Gasteiger partial charge in [0, 0.05) is 32.7 Å². The molecule has 0 atom stereocenters. The lowest BCUT2D eigenvalue weighted by molar-refractivity contribution is -0.132. The Kier molecular flexibility index (Phi) is 5.10. The number of nitrogens with zero attached hydrogens (tertiary/aromatic N) is 3. The van der Waals surface area contributed by atoms with Crippen LogP contribution in [0.5, 0.6) is 0 Å². The van der Waals surface area contributed by atoms with E-state index in [1.807, 2.05) is 29.0 Å². The third-order valence-electron chi connectivity index (χ3n) is 3.41. The molecule has 20 heavy (non-hydrogen) atoms. The third kappa shape index (κ3) is 4.05. The summed E-state index contributed by atoms with van der Waals surface area (Å²) in [5.74, 6) is 0.183. The molecular formula is C15H20N4O. The van der Waals surface area contributed by atoms with Gasteiger partial charge in [0.15, 0.2) is 0 Å². The number of piperazine rings is 1. The largest absolute Gasteiger partial charge is 0.339 e. The van der Waals surface area contributed by atoms with Gasteiger partial charge < -0.3 is 10.2 Å². The van der Waals surface area contributed by atoms with E-state index in [-0.39, 0.29) is 5.91 Å². The van der Waals surface area contributed by atoms with Crippen molar-refractivity contribution in [3.05, 3.63) is 35.4 Å². The number of carbonyl (C=O) groups excluding carboxylic acids is 1. The number of hydrogen-bond donors (Lipinski definition) is 1. The maximum Gasteiger partial charge on any atom is 0.236 e. The molecule has 1 aliphatic rings. The maximum atomic E-state index is 12.1. The number of hydrogen-bond acceptors (Lipinski definition) is 4. The van der Waals surface area contributed by atoms with Gasteiger partial charge in [0.25, 0.3) is 0 Å². The van der Waals surface area contributed by atoms with Crippen LogP contribution in [0.1, 0.15) is 11.1 Å². The second-order valence-corrected chi connectivity index (χ2v) is 5.11. The molecule has 0 bridgehead atoms. The molecule has 106 valence electrons. The van der Waals surface area contributed by atoms with Crippen molar-refractivity contribution in [3.8, 4) is 6.07 Å². The lowest BCUT2D eigenvalue weighted by Crippen LogP contribution is -2.49. The highest BCUT2D eigenvalue weighted by atomic mass is 16.2. The Hall–Kier alpha value is -1.90. The van der Waals surface area contributed by atoms with Crippen molar-refractivity contribution in [2.24, 2.45) is 0 Å².